The molecule has 0 unspecified atom stereocenters. The smallest absolute Gasteiger partial charge is 0.135 e. The van der Waals surface area contributed by atoms with Gasteiger partial charge in [0.1, 0.15) is 11.2 Å². The van der Waals surface area contributed by atoms with Gasteiger partial charge in [-0.15, -0.1) is 11.3 Å². The number of furan rings is 1. The number of aryl methyl sites for hydroxylation is 2. The van der Waals surface area contributed by atoms with Crippen LogP contribution in [0.25, 0.3) is 42.1 Å². The molecule has 0 N–H and O–H groups in total. The van der Waals surface area contributed by atoms with Crippen molar-refractivity contribution in [2.45, 2.75) is 13.8 Å². The van der Waals surface area contributed by atoms with E-state index in [0.717, 1.165) is 11.2 Å². The molecule has 0 bridgehead atoms. The fraction of sp³-hybridized carbons (Fsp3) is 0.0769. The van der Waals surface area contributed by atoms with Crippen molar-refractivity contribution in [2.75, 3.05) is 0 Å². The molecule has 2 heteroatoms. The van der Waals surface area contributed by atoms with E-state index in [9.17, 15) is 0 Å². The summed E-state index contributed by atoms with van der Waals surface area (Å²) < 4.78 is 8.48. The molecule has 136 valence electrons. The Morgan fingerprint density at radius 3 is 2.00 bits per heavy atom. The molecule has 0 fully saturated rings. The average molecular weight is 381 g/mol. The van der Waals surface area contributed by atoms with Gasteiger partial charge < -0.3 is 4.42 Å². The van der Waals surface area contributed by atoms with Crippen molar-refractivity contribution in [2.24, 2.45) is 0 Å². The lowest BCUT2D eigenvalue weighted by Crippen LogP contribution is -1.69. The quantitative estimate of drug-likeness (QED) is 0.258. The molecule has 0 spiro atoms. The summed E-state index contributed by atoms with van der Waals surface area (Å²) in [7, 11) is 0. The maximum atomic E-state index is 5.71. The standard InChI is InChI=1S/C13H10O.C13H10S/c2*1-9-6-7-13-11(8-9)10-4-2-3-5-12(10)14-13/h2*2-8H,1H3. The third-order valence-electron chi connectivity index (χ3n) is 5.06. The van der Waals surface area contributed by atoms with Crippen molar-refractivity contribution in [3.8, 4) is 0 Å². The van der Waals surface area contributed by atoms with E-state index in [1.165, 1.54) is 42.1 Å². The largest absolute Gasteiger partial charge is 0.456 e. The SMILES string of the molecule is Cc1ccc2oc3ccccc3c2c1.Cc1ccc2sc3ccccc3c2c1. The highest BCUT2D eigenvalue weighted by Gasteiger charge is 2.05. The van der Waals surface area contributed by atoms with Gasteiger partial charge in [0.15, 0.2) is 0 Å². The predicted octanol–water partition coefficient (Wildman–Crippen LogP) is 8.26. The molecule has 6 aromatic rings. The molecule has 0 radical (unpaired) electrons. The topological polar surface area (TPSA) is 13.1 Å². The molecule has 2 heterocycles. The lowest BCUT2D eigenvalue weighted by Gasteiger charge is -1.92. The Bertz CT molecular complexity index is 1320. The molecule has 0 saturated carbocycles. The molecule has 4 aromatic carbocycles. The average Bonchev–Trinajstić information content (AvgIpc) is 3.26. The number of thiophene rings is 1. The zero-order valence-corrected chi connectivity index (χ0v) is 16.7. The van der Waals surface area contributed by atoms with Crippen LogP contribution in [0.2, 0.25) is 0 Å². The van der Waals surface area contributed by atoms with Gasteiger partial charge in [-0.2, -0.15) is 0 Å². The van der Waals surface area contributed by atoms with E-state index in [2.05, 4.69) is 74.5 Å². The van der Waals surface area contributed by atoms with Gasteiger partial charge in [-0.3, -0.25) is 0 Å². The van der Waals surface area contributed by atoms with Crippen LogP contribution < -0.4 is 0 Å². The van der Waals surface area contributed by atoms with Gasteiger partial charge >= 0.3 is 0 Å². The van der Waals surface area contributed by atoms with E-state index in [4.69, 9.17) is 4.42 Å². The van der Waals surface area contributed by atoms with Gasteiger partial charge in [0.05, 0.1) is 0 Å². The zero-order chi connectivity index (χ0) is 19.1. The first-order chi connectivity index (χ1) is 13.7. The highest BCUT2D eigenvalue weighted by molar-refractivity contribution is 7.25. The van der Waals surface area contributed by atoms with E-state index >= 15 is 0 Å². The molecule has 28 heavy (non-hydrogen) atoms. The Morgan fingerprint density at radius 2 is 1.14 bits per heavy atom. The number of benzene rings is 4. The molecular formula is C26H20OS. The monoisotopic (exact) mass is 380 g/mol. The molecule has 2 aromatic heterocycles. The van der Waals surface area contributed by atoms with Crippen molar-refractivity contribution in [3.63, 3.8) is 0 Å². The summed E-state index contributed by atoms with van der Waals surface area (Å²) >= 11 is 1.87. The van der Waals surface area contributed by atoms with E-state index < -0.39 is 0 Å². The van der Waals surface area contributed by atoms with Gasteiger partial charge in [-0.25, -0.2) is 0 Å². The van der Waals surface area contributed by atoms with Crippen LogP contribution in [-0.4, -0.2) is 0 Å². The number of hydrogen-bond donors (Lipinski definition) is 0. The first-order valence-corrected chi connectivity index (χ1v) is 10.3. The van der Waals surface area contributed by atoms with Crippen LogP contribution in [-0.2, 0) is 0 Å². The molecule has 1 nitrogen and oxygen atoms in total. The highest BCUT2D eigenvalue weighted by Crippen LogP contribution is 2.33. The van der Waals surface area contributed by atoms with E-state index in [1.807, 2.05) is 35.6 Å². The summed E-state index contributed by atoms with van der Waals surface area (Å²) in [5, 5.41) is 5.19. The Hall–Kier alpha value is -3.10. The minimum Gasteiger partial charge on any atom is -0.456 e. The molecule has 0 amide bonds. The Morgan fingerprint density at radius 1 is 0.536 bits per heavy atom. The van der Waals surface area contributed by atoms with Crippen LogP contribution in [0.4, 0.5) is 0 Å². The third kappa shape index (κ3) is 2.96. The van der Waals surface area contributed by atoms with Gasteiger partial charge in [0.25, 0.3) is 0 Å². The lowest BCUT2D eigenvalue weighted by molar-refractivity contribution is 0.669. The van der Waals surface area contributed by atoms with Crippen molar-refractivity contribution >= 4 is 53.4 Å². The van der Waals surface area contributed by atoms with Crippen molar-refractivity contribution in [1.82, 2.24) is 0 Å². The van der Waals surface area contributed by atoms with Crippen molar-refractivity contribution in [1.29, 1.82) is 0 Å². The number of fused-ring (bicyclic) bond motifs is 6. The minimum atomic E-state index is 0.966. The molecule has 0 aliphatic rings. The van der Waals surface area contributed by atoms with Crippen LogP contribution in [0.5, 0.6) is 0 Å². The molecular weight excluding hydrogens is 360 g/mol. The maximum absolute atomic E-state index is 5.71. The Labute approximate surface area is 167 Å². The number of hydrogen-bond acceptors (Lipinski definition) is 2. The summed E-state index contributed by atoms with van der Waals surface area (Å²) in [6.45, 7) is 4.24. The maximum Gasteiger partial charge on any atom is 0.135 e. The van der Waals surface area contributed by atoms with Crippen LogP contribution >= 0.6 is 11.3 Å². The second kappa shape index (κ2) is 6.81. The van der Waals surface area contributed by atoms with E-state index in [1.54, 1.807) is 0 Å². The number of para-hydroxylation sites is 1. The Balaban J connectivity index is 0.000000122. The fourth-order valence-electron chi connectivity index (χ4n) is 3.68. The van der Waals surface area contributed by atoms with Crippen LogP contribution in [0.1, 0.15) is 11.1 Å². The van der Waals surface area contributed by atoms with Crippen LogP contribution in [0.3, 0.4) is 0 Å². The molecule has 0 saturated heterocycles. The third-order valence-corrected chi connectivity index (χ3v) is 6.22. The summed E-state index contributed by atoms with van der Waals surface area (Å²) in [5.74, 6) is 0. The molecule has 0 aliphatic carbocycles. The normalized spacial score (nSPS) is 11.2. The van der Waals surface area contributed by atoms with Crippen LogP contribution in [0.15, 0.2) is 89.3 Å². The predicted molar refractivity (Wildman–Crippen MR) is 123 cm³/mol. The second-order valence-corrected chi connectivity index (χ2v) is 8.28. The number of rotatable bonds is 0. The summed E-state index contributed by atoms with van der Waals surface area (Å²) in [5.41, 5.74) is 4.54. The molecule has 0 aliphatic heterocycles. The minimum absolute atomic E-state index is 0.966. The summed E-state index contributed by atoms with van der Waals surface area (Å²) in [6, 6.07) is 29.7. The first kappa shape index (κ1) is 17.0. The van der Waals surface area contributed by atoms with Crippen molar-refractivity contribution < 1.29 is 4.42 Å². The summed E-state index contributed by atoms with van der Waals surface area (Å²) in [4.78, 5) is 0. The van der Waals surface area contributed by atoms with Gasteiger partial charge in [0.2, 0.25) is 0 Å². The highest BCUT2D eigenvalue weighted by atomic mass is 32.1. The van der Waals surface area contributed by atoms with E-state index in [-0.39, 0.29) is 0 Å². The summed E-state index contributed by atoms with van der Waals surface area (Å²) in [6.07, 6.45) is 0. The van der Waals surface area contributed by atoms with Gasteiger partial charge in [0, 0.05) is 30.9 Å². The second-order valence-electron chi connectivity index (χ2n) is 7.20. The van der Waals surface area contributed by atoms with Gasteiger partial charge in [-0.1, -0.05) is 59.7 Å². The van der Waals surface area contributed by atoms with Crippen LogP contribution in [0, 0.1) is 13.8 Å². The van der Waals surface area contributed by atoms with E-state index in [0.29, 0.717) is 0 Å². The van der Waals surface area contributed by atoms with Crippen molar-refractivity contribution in [3.05, 3.63) is 96.1 Å². The first-order valence-electron chi connectivity index (χ1n) is 9.45. The Kier molecular flexibility index (Phi) is 4.14. The zero-order valence-electron chi connectivity index (χ0n) is 15.9. The lowest BCUT2D eigenvalue weighted by atomic mass is 10.1. The van der Waals surface area contributed by atoms with Gasteiger partial charge in [-0.05, 0) is 50.2 Å². The molecule has 6 rings (SSSR count). The molecule has 0 atom stereocenters. The fourth-order valence-corrected chi connectivity index (χ4v) is 4.77.